The Kier molecular flexibility index (Phi) is 2.92. The van der Waals surface area contributed by atoms with Gasteiger partial charge in [-0.1, -0.05) is 19.1 Å². The molecule has 18 heavy (non-hydrogen) atoms. The Morgan fingerprint density at radius 3 is 2.94 bits per heavy atom. The number of nitrogens with zero attached hydrogens (tertiary/aromatic N) is 2. The number of nitrogens with two attached hydrogens (primary N) is 1. The predicted octanol–water partition coefficient (Wildman–Crippen LogP) is 2.81. The predicted molar refractivity (Wildman–Crippen MR) is 73.0 cm³/mol. The van der Waals surface area contributed by atoms with E-state index < -0.39 is 0 Å². The topological polar surface area (TPSA) is 43.8 Å². The van der Waals surface area contributed by atoms with Gasteiger partial charge in [0.25, 0.3) is 0 Å². The van der Waals surface area contributed by atoms with Crippen LogP contribution < -0.4 is 5.73 Å². The Balaban J connectivity index is 1.98. The maximum absolute atomic E-state index is 5.74. The molecule has 2 aromatic rings. The Bertz CT molecular complexity index is 540. The van der Waals surface area contributed by atoms with Gasteiger partial charge in [-0.2, -0.15) is 5.10 Å². The minimum absolute atomic E-state index is 0.393. The summed E-state index contributed by atoms with van der Waals surface area (Å²) in [4.78, 5) is 0. The number of aromatic nitrogens is 2. The zero-order chi connectivity index (χ0) is 12.5. The van der Waals surface area contributed by atoms with Gasteiger partial charge in [0.05, 0.1) is 5.69 Å². The van der Waals surface area contributed by atoms with Crippen LogP contribution >= 0.6 is 0 Å². The second kappa shape index (κ2) is 4.58. The highest BCUT2D eigenvalue weighted by Gasteiger charge is 2.27. The van der Waals surface area contributed by atoms with Crippen molar-refractivity contribution in [3.05, 3.63) is 47.8 Å². The van der Waals surface area contributed by atoms with Gasteiger partial charge in [-0.25, -0.2) is 4.68 Å². The summed E-state index contributed by atoms with van der Waals surface area (Å²) >= 11 is 0. The molecule has 0 radical (unpaired) electrons. The van der Waals surface area contributed by atoms with Gasteiger partial charge < -0.3 is 5.73 Å². The quantitative estimate of drug-likeness (QED) is 0.894. The average Bonchev–Trinajstić information content (AvgIpc) is 3.15. The second-order valence-electron chi connectivity index (χ2n) is 5.17. The van der Waals surface area contributed by atoms with Crippen molar-refractivity contribution in [3.63, 3.8) is 0 Å². The Morgan fingerprint density at radius 2 is 2.22 bits per heavy atom. The molecule has 1 aromatic heterocycles. The summed E-state index contributed by atoms with van der Waals surface area (Å²) in [6.45, 7) is 2.84. The van der Waals surface area contributed by atoms with E-state index in [9.17, 15) is 0 Å². The smallest absolute Gasteiger partial charge is 0.0651 e. The molecule has 1 unspecified atom stereocenters. The Labute approximate surface area is 108 Å². The molecule has 0 saturated heterocycles. The molecule has 1 fully saturated rings. The lowest BCUT2D eigenvalue weighted by Gasteiger charge is -2.12. The monoisotopic (exact) mass is 241 g/mol. The van der Waals surface area contributed by atoms with E-state index in [1.807, 2.05) is 6.20 Å². The molecule has 1 saturated carbocycles. The molecule has 3 heteroatoms. The van der Waals surface area contributed by atoms with Crippen LogP contribution in [0, 0.1) is 0 Å². The molecule has 1 aliphatic carbocycles. The molecule has 94 valence electrons. The van der Waals surface area contributed by atoms with Crippen LogP contribution in [0.1, 0.15) is 42.9 Å². The number of hydrogen-bond donors (Lipinski definition) is 1. The van der Waals surface area contributed by atoms with E-state index in [0.717, 1.165) is 5.69 Å². The van der Waals surface area contributed by atoms with Crippen molar-refractivity contribution >= 4 is 0 Å². The van der Waals surface area contributed by atoms with Gasteiger partial charge in [0.2, 0.25) is 0 Å². The Hall–Kier alpha value is -1.61. The normalized spacial score (nSPS) is 16.8. The Morgan fingerprint density at radius 1 is 1.39 bits per heavy atom. The van der Waals surface area contributed by atoms with Gasteiger partial charge in [0.15, 0.2) is 0 Å². The van der Waals surface area contributed by atoms with Crippen LogP contribution in [0.4, 0.5) is 0 Å². The van der Waals surface area contributed by atoms with E-state index in [4.69, 9.17) is 5.73 Å². The molecule has 3 nitrogen and oxygen atoms in total. The third-order valence-corrected chi connectivity index (χ3v) is 3.70. The van der Waals surface area contributed by atoms with E-state index >= 15 is 0 Å². The van der Waals surface area contributed by atoms with Gasteiger partial charge in [-0.15, -0.1) is 0 Å². The summed E-state index contributed by atoms with van der Waals surface area (Å²) in [6, 6.07) is 10.7. The highest BCUT2D eigenvalue weighted by atomic mass is 15.3. The van der Waals surface area contributed by atoms with Crippen LogP contribution in [-0.2, 0) is 0 Å². The van der Waals surface area contributed by atoms with Crippen molar-refractivity contribution in [1.82, 2.24) is 9.78 Å². The minimum atomic E-state index is 0.393. The molecule has 0 bridgehead atoms. The van der Waals surface area contributed by atoms with Crippen molar-refractivity contribution in [2.45, 2.75) is 31.6 Å². The van der Waals surface area contributed by atoms with E-state index in [0.29, 0.717) is 18.4 Å². The fourth-order valence-electron chi connectivity index (χ4n) is 2.32. The molecule has 2 N–H and O–H groups in total. The lowest BCUT2D eigenvalue weighted by Crippen LogP contribution is -2.09. The first-order valence-electron chi connectivity index (χ1n) is 6.64. The number of benzene rings is 1. The highest BCUT2D eigenvalue weighted by molar-refractivity contribution is 5.39. The summed E-state index contributed by atoms with van der Waals surface area (Å²) in [5.74, 6) is 1.10. The molecular formula is C15H19N3. The van der Waals surface area contributed by atoms with Gasteiger partial charge >= 0.3 is 0 Å². The molecule has 0 aliphatic heterocycles. The SMILES string of the molecule is CC(CN)c1cccc(-n2nccc2C2CC2)c1. The fourth-order valence-corrected chi connectivity index (χ4v) is 2.32. The molecule has 0 spiro atoms. The van der Waals surface area contributed by atoms with Crippen molar-refractivity contribution in [2.75, 3.05) is 6.54 Å². The summed E-state index contributed by atoms with van der Waals surface area (Å²) in [7, 11) is 0. The summed E-state index contributed by atoms with van der Waals surface area (Å²) < 4.78 is 2.07. The molecule has 0 amide bonds. The largest absolute Gasteiger partial charge is 0.330 e. The average molecular weight is 241 g/mol. The van der Waals surface area contributed by atoms with Crippen molar-refractivity contribution < 1.29 is 0 Å². The lowest BCUT2D eigenvalue weighted by atomic mass is 10.0. The third kappa shape index (κ3) is 2.06. The molecule has 1 aliphatic rings. The van der Waals surface area contributed by atoms with Gasteiger partial charge in [0.1, 0.15) is 0 Å². The van der Waals surface area contributed by atoms with Crippen molar-refractivity contribution in [1.29, 1.82) is 0 Å². The molecule has 1 aromatic carbocycles. The van der Waals surface area contributed by atoms with E-state index in [1.54, 1.807) is 0 Å². The maximum atomic E-state index is 5.74. The van der Waals surface area contributed by atoms with Crippen LogP contribution in [-0.4, -0.2) is 16.3 Å². The molecule has 1 heterocycles. The first kappa shape index (κ1) is 11.5. The first-order valence-corrected chi connectivity index (χ1v) is 6.64. The van der Waals surface area contributed by atoms with Gasteiger partial charge in [-0.3, -0.25) is 0 Å². The first-order chi connectivity index (χ1) is 8.79. The molecule has 1 atom stereocenters. The second-order valence-corrected chi connectivity index (χ2v) is 5.17. The molecule has 3 rings (SSSR count). The van der Waals surface area contributed by atoms with Crippen LogP contribution in [0.5, 0.6) is 0 Å². The van der Waals surface area contributed by atoms with Crippen molar-refractivity contribution in [2.24, 2.45) is 5.73 Å². The lowest BCUT2D eigenvalue weighted by molar-refractivity contribution is 0.764. The van der Waals surface area contributed by atoms with Crippen LogP contribution in [0.3, 0.4) is 0 Å². The van der Waals surface area contributed by atoms with E-state index in [2.05, 4.69) is 47.0 Å². The van der Waals surface area contributed by atoms with Crippen LogP contribution in [0.15, 0.2) is 36.5 Å². The number of hydrogen-bond acceptors (Lipinski definition) is 2. The van der Waals surface area contributed by atoms with E-state index in [-0.39, 0.29) is 0 Å². The van der Waals surface area contributed by atoms with Gasteiger partial charge in [-0.05, 0) is 49.1 Å². The summed E-state index contributed by atoms with van der Waals surface area (Å²) in [6.07, 6.45) is 4.49. The zero-order valence-electron chi connectivity index (χ0n) is 10.7. The highest BCUT2D eigenvalue weighted by Crippen LogP contribution is 2.40. The molecular weight excluding hydrogens is 222 g/mol. The maximum Gasteiger partial charge on any atom is 0.0651 e. The van der Waals surface area contributed by atoms with Crippen molar-refractivity contribution in [3.8, 4) is 5.69 Å². The van der Waals surface area contributed by atoms with E-state index in [1.165, 1.54) is 24.1 Å². The van der Waals surface area contributed by atoms with Crippen LogP contribution in [0.2, 0.25) is 0 Å². The summed E-state index contributed by atoms with van der Waals surface area (Å²) in [5.41, 5.74) is 9.52. The van der Waals surface area contributed by atoms with Crippen LogP contribution in [0.25, 0.3) is 5.69 Å². The minimum Gasteiger partial charge on any atom is -0.330 e. The fraction of sp³-hybridized carbons (Fsp3) is 0.400. The zero-order valence-corrected chi connectivity index (χ0v) is 10.7. The summed E-state index contributed by atoms with van der Waals surface area (Å²) in [5, 5.41) is 4.46. The third-order valence-electron chi connectivity index (χ3n) is 3.70. The van der Waals surface area contributed by atoms with Gasteiger partial charge in [0, 0.05) is 17.8 Å². The standard InChI is InChI=1S/C15H19N3/c1-11(10-16)13-3-2-4-14(9-13)18-15(7-8-17-18)12-5-6-12/h2-4,7-9,11-12H,5-6,10,16H2,1H3. The number of rotatable bonds is 4.